The summed E-state index contributed by atoms with van der Waals surface area (Å²) in [4.78, 5) is 0.354. The van der Waals surface area contributed by atoms with Crippen LogP contribution in [-0.2, 0) is 19.9 Å². The van der Waals surface area contributed by atoms with E-state index in [1.54, 1.807) is 31.2 Å². The molecule has 0 unspecified atom stereocenters. The largest absolute Gasteiger partial charge is 0.268 e. The minimum atomic E-state index is -3.73. The molecule has 0 fully saturated rings. The number of sulfone groups is 1. The van der Waals surface area contributed by atoms with Gasteiger partial charge in [-0.05, 0) is 43.3 Å². The van der Waals surface area contributed by atoms with Gasteiger partial charge in [0.25, 0.3) is 10.0 Å². The molecule has 0 N–H and O–H groups in total. The predicted octanol–water partition coefficient (Wildman–Crippen LogP) is 2.59. The fraction of sp³-hybridized carbons (Fsp3) is 0.125. The van der Waals surface area contributed by atoms with Gasteiger partial charge in [-0.3, -0.25) is 0 Å². The molecule has 120 valence electrons. The van der Waals surface area contributed by atoms with Crippen molar-refractivity contribution in [2.24, 2.45) is 0 Å². The van der Waals surface area contributed by atoms with Gasteiger partial charge in [0.15, 0.2) is 9.84 Å². The van der Waals surface area contributed by atoms with Crippen LogP contribution in [0.3, 0.4) is 0 Å². The highest BCUT2D eigenvalue weighted by Crippen LogP contribution is 2.27. The number of benzene rings is 2. The molecule has 2 aromatic carbocycles. The minimum absolute atomic E-state index is 0.166. The summed E-state index contributed by atoms with van der Waals surface area (Å²) in [5, 5.41) is 0.574. The van der Waals surface area contributed by atoms with Crippen molar-refractivity contribution in [3.8, 4) is 0 Å². The lowest BCUT2D eigenvalue weighted by molar-refractivity contribution is 0.588. The lowest BCUT2D eigenvalue weighted by Gasteiger charge is -2.10. The van der Waals surface area contributed by atoms with Crippen molar-refractivity contribution < 1.29 is 16.8 Å². The summed E-state index contributed by atoms with van der Waals surface area (Å²) >= 11 is 0. The number of hydrogen-bond donors (Lipinski definition) is 0. The summed E-state index contributed by atoms with van der Waals surface area (Å²) < 4.78 is 50.3. The molecule has 0 radical (unpaired) electrons. The Kier molecular flexibility index (Phi) is 3.57. The molecule has 5 nitrogen and oxygen atoms in total. The zero-order valence-electron chi connectivity index (χ0n) is 12.6. The van der Waals surface area contributed by atoms with Crippen LogP contribution < -0.4 is 0 Å². The van der Waals surface area contributed by atoms with E-state index in [4.69, 9.17) is 0 Å². The van der Waals surface area contributed by atoms with Crippen LogP contribution in [0.2, 0.25) is 0 Å². The van der Waals surface area contributed by atoms with Crippen LogP contribution in [-0.4, -0.2) is 27.1 Å². The van der Waals surface area contributed by atoms with E-state index in [9.17, 15) is 16.8 Å². The van der Waals surface area contributed by atoms with E-state index in [1.807, 2.05) is 0 Å². The van der Waals surface area contributed by atoms with Crippen molar-refractivity contribution in [2.45, 2.75) is 16.7 Å². The van der Waals surface area contributed by atoms with Crippen molar-refractivity contribution in [1.29, 1.82) is 0 Å². The summed E-state index contributed by atoms with van der Waals surface area (Å²) in [5.74, 6) is 0. The van der Waals surface area contributed by atoms with E-state index in [1.165, 1.54) is 34.3 Å². The molecule has 0 aliphatic rings. The smallest absolute Gasteiger partial charge is 0.238 e. The van der Waals surface area contributed by atoms with Crippen molar-refractivity contribution in [3.63, 3.8) is 0 Å². The van der Waals surface area contributed by atoms with Crippen molar-refractivity contribution in [3.05, 3.63) is 60.3 Å². The van der Waals surface area contributed by atoms with E-state index < -0.39 is 19.9 Å². The van der Waals surface area contributed by atoms with Gasteiger partial charge in [0.1, 0.15) is 0 Å². The SMILES string of the molecule is Cc1cc2cc(S(C)(=O)=O)ccc2n1S(=O)(=O)c1ccccc1. The third kappa shape index (κ3) is 2.66. The van der Waals surface area contributed by atoms with Crippen LogP contribution in [0.5, 0.6) is 0 Å². The van der Waals surface area contributed by atoms with Gasteiger partial charge in [-0.1, -0.05) is 18.2 Å². The predicted molar refractivity (Wildman–Crippen MR) is 88.8 cm³/mol. The molecule has 23 heavy (non-hydrogen) atoms. The normalized spacial score (nSPS) is 12.6. The van der Waals surface area contributed by atoms with E-state index >= 15 is 0 Å². The fourth-order valence-corrected chi connectivity index (χ4v) is 4.78. The number of rotatable bonds is 3. The van der Waals surface area contributed by atoms with Gasteiger partial charge in [0, 0.05) is 17.3 Å². The Hall–Kier alpha value is -2.12. The summed E-state index contributed by atoms with van der Waals surface area (Å²) in [6.07, 6.45) is 1.12. The molecule has 3 aromatic rings. The van der Waals surface area contributed by atoms with Crippen molar-refractivity contribution in [2.75, 3.05) is 6.26 Å². The van der Waals surface area contributed by atoms with Gasteiger partial charge in [-0.25, -0.2) is 20.8 Å². The second-order valence-electron chi connectivity index (χ2n) is 5.36. The number of aryl methyl sites for hydroxylation is 1. The first-order chi connectivity index (χ1) is 10.7. The summed E-state index contributed by atoms with van der Waals surface area (Å²) in [7, 11) is -7.08. The molecule has 3 rings (SSSR count). The minimum Gasteiger partial charge on any atom is -0.238 e. The third-order valence-electron chi connectivity index (χ3n) is 3.61. The molecular weight excluding hydrogens is 334 g/mol. The van der Waals surface area contributed by atoms with Crippen molar-refractivity contribution >= 4 is 30.8 Å². The number of aromatic nitrogens is 1. The number of fused-ring (bicyclic) bond motifs is 1. The Bertz CT molecular complexity index is 1100. The van der Waals surface area contributed by atoms with Gasteiger partial charge >= 0.3 is 0 Å². The van der Waals surface area contributed by atoms with E-state index in [-0.39, 0.29) is 9.79 Å². The lowest BCUT2D eigenvalue weighted by atomic mass is 10.2. The van der Waals surface area contributed by atoms with Crippen LogP contribution in [0.4, 0.5) is 0 Å². The first kappa shape index (κ1) is 15.8. The van der Waals surface area contributed by atoms with Crippen molar-refractivity contribution in [1.82, 2.24) is 3.97 Å². The molecule has 0 aliphatic carbocycles. The highest BCUT2D eigenvalue weighted by molar-refractivity contribution is 7.90. The van der Waals surface area contributed by atoms with E-state index in [0.717, 1.165) is 6.26 Å². The van der Waals surface area contributed by atoms with E-state index in [2.05, 4.69) is 0 Å². The maximum Gasteiger partial charge on any atom is 0.268 e. The van der Waals surface area contributed by atoms with Gasteiger partial charge in [-0.2, -0.15) is 0 Å². The fourth-order valence-electron chi connectivity index (χ4n) is 2.55. The number of nitrogens with zero attached hydrogens (tertiary/aromatic N) is 1. The van der Waals surface area contributed by atoms with Crippen LogP contribution in [0.1, 0.15) is 5.69 Å². The second-order valence-corrected chi connectivity index (χ2v) is 9.16. The molecule has 0 amide bonds. The average molecular weight is 349 g/mol. The Morgan fingerprint density at radius 3 is 2.09 bits per heavy atom. The standard InChI is InChI=1S/C16H15NO4S2/c1-12-10-13-11-15(22(2,18)19)8-9-16(13)17(12)23(20,21)14-6-4-3-5-7-14/h3-11H,1-2H3. The Morgan fingerprint density at radius 2 is 1.48 bits per heavy atom. The molecule has 0 saturated carbocycles. The molecule has 1 heterocycles. The summed E-state index contributed by atoms with van der Waals surface area (Å²) in [5.41, 5.74) is 0.980. The highest BCUT2D eigenvalue weighted by atomic mass is 32.2. The van der Waals surface area contributed by atoms with Crippen LogP contribution >= 0.6 is 0 Å². The number of hydrogen-bond acceptors (Lipinski definition) is 4. The van der Waals surface area contributed by atoms with Crippen LogP contribution in [0, 0.1) is 6.92 Å². The molecule has 0 bridgehead atoms. The molecule has 0 spiro atoms. The Labute approximate surface area is 135 Å². The maximum absolute atomic E-state index is 12.9. The molecule has 0 aliphatic heterocycles. The van der Waals surface area contributed by atoms with Gasteiger partial charge in [-0.15, -0.1) is 0 Å². The lowest BCUT2D eigenvalue weighted by Crippen LogP contribution is -2.14. The third-order valence-corrected chi connectivity index (χ3v) is 6.56. The van der Waals surface area contributed by atoms with Crippen LogP contribution in [0.25, 0.3) is 10.9 Å². The van der Waals surface area contributed by atoms with Gasteiger partial charge < -0.3 is 0 Å². The molecule has 7 heteroatoms. The zero-order valence-corrected chi connectivity index (χ0v) is 14.2. The molecule has 0 saturated heterocycles. The van der Waals surface area contributed by atoms with Gasteiger partial charge in [0.05, 0.1) is 15.3 Å². The molecule has 0 atom stereocenters. The van der Waals surface area contributed by atoms with Crippen LogP contribution in [0.15, 0.2) is 64.4 Å². The monoisotopic (exact) mass is 349 g/mol. The second kappa shape index (κ2) is 5.21. The zero-order chi connectivity index (χ0) is 16.8. The summed E-state index contributed by atoms with van der Waals surface area (Å²) in [6.45, 7) is 1.68. The van der Waals surface area contributed by atoms with Gasteiger partial charge in [0.2, 0.25) is 0 Å². The van der Waals surface area contributed by atoms with E-state index in [0.29, 0.717) is 16.6 Å². The Balaban J connectivity index is 2.29. The quantitative estimate of drug-likeness (QED) is 0.728. The first-order valence-electron chi connectivity index (χ1n) is 6.84. The average Bonchev–Trinajstić information content (AvgIpc) is 2.82. The first-order valence-corrected chi connectivity index (χ1v) is 10.2. The highest BCUT2D eigenvalue weighted by Gasteiger charge is 2.21. The summed E-state index contributed by atoms with van der Waals surface area (Å²) in [6, 6.07) is 14.3. The Morgan fingerprint density at radius 1 is 0.826 bits per heavy atom. The topological polar surface area (TPSA) is 73.2 Å². The molecular formula is C16H15NO4S2. The molecule has 1 aromatic heterocycles. The maximum atomic E-state index is 12.9.